The van der Waals surface area contributed by atoms with Crippen molar-refractivity contribution in [3.63, 3.8) is 0 Å². The quantitative estimate of drug-likeness (QED) is 0.785. The predicted molar refractivity (Wildman–Crippen MR) is 71.6 cm³/mol. The molecule has 0 aromatic rings. The third kappa shape index (κ3) is 6.05. The van der Waals surface area contributed by atoms with Gasteiger partial charge in [0.05, 0.1) is 12.7 Å². The standard InChI is InChI=1S/C14H25NO3/c1-5-6-9-17-12-8-7-11(10-12)15-13(16)18-14(2,3)4/h5-6,11-12H,7-10H2,1-4H3,(H,15,16)/t11-,12+/m1/s1. The van der Waals surface area contributed by atoms with Crippen LogP contribution in [0.25, 0.3) is 0 Å². The van der Waals surface area contributed by atoms with Crippen molar-refractivity contribution in [2.75, 3.05) is 6.61 Å². The fraction of sp³-hybridized carbons (Fsp3) is 0.786. The average molecular weight is 255 g/mol. The highest BCUT2D eigenvalue weighted by Crippen LogP contribution is 2.22. The number of carbonyl (C=O) groups is 1. The molecule has 0 aromatic carbocycles. The van der Waals surface area contributed by atoms with E-state index in [1.165, 1.54) is 0 Å². The minimum absolute atomic E-state index is 0.176. The van der Waals surface area contributed by atoms with Crippen LogP contribution in [0.4, 0.5) is 4.79 Å². The summed E-state index contributed by atoms with van der Waals surface area (Å²) in [7, 11) is 0. The first kappa shape index (κ1) is 15.0. The van der Waals surface area contributed by atoms with Gasteiger partial charge in [0, 0.05) is 6.04 Å². The summed E-state index contributed by atoms with van der Waals surface area (Å²) in [5.74, 6) is 0. The number of allylic oxidation sites excluding steroid dienone is 1. The van der Waals surface area contributed by atoms with E-state index in [2.05, 4.69) is 5.32 Å². The van der Waals surface area contributed by atoms with Crippen molar-refractivity contribution in [1.29, 1.82) is 0 Å². The van der Waals surface area contributed by atoms with E-state index >= 15 is 0 Å². The van der Waals surface area contributed by atoms with Gasteiger partial charge in [-0.05, 0) is 47.0 Å². The molecule has 18 heavy (non-hydrogen) atoms. The first-order valence-electron chi connectivity index (χ1n) is 6.63. The minimum atomic E-state index is -0.440. The fourth-order valence-corrected chi connectivity index (χ4v) is 1.98. The van der Waals surface area contributed by atoms with Crippen LogP contribution < -0.4 is 5.32 Å². The van der Waals surface area contributed by atoms with Crippen LogP contribution in [0.15, 0.2) is 12.2 Å². The predicted octanol–water partition coefficient (Wildman–Crippen LogP) is 3.02. The van der Waals surface area contributed by atoms with E-state index in [-0.39, 0.29) is 18.2 Å². The topological polar surface area (TPSA) is 47.6 Å². The molecule has 1 saturated carbocycles. The van der Waals surface area contributed by atoms with Crippen LogP contribution in [0, 0.1) is 0 Å². The average Bonchev–Trinajstić information content (AvgIpc) is 2.63. The first-order chi connectivity index (χ1) is 8.40. The molecular formula is C14H25NO3. The highest BCUT2D eigenvalue weighted by molar-refractivity contribution is 5.68. The summed E-state index contributed by atoms with van der Waals surface area (Å²) in [6.45, 7) is 8.23. The number of carbonyl (C=O) groups excluding carboxylic acids is 1. The molecule has 104 valence electrons. The summed E-state index contributed by atoms with van der Waals surface area (Å²) in [4.78, 5) is 11.6. The Balaban J connectivity index is 2.23. The zero-order valence-electron chi connectivity index (χ0n) is 11.9. The largest absolute Gasteiger partial charge is 0.444 e. The van der Waals surface area contributed by atoms with E-state index in [0.717, 1.165) is 19.3 Å². The molecular weight excluding hydrogens is 230 g/mol. The van der Waals surface area contributed by atoms with Gasteiger partial charge >= 0.3 is 6.09 Å². The van der Waals surface area contributed by atoms with Crippen molar-refractivity contribution in [3.8, 4) is 0 Å². The number of amides is 1. The second-order valence-corrected chi connectivity index (χ2v) is 5.68. The summed E-state index contributed by atoms with van der Waals surface area (Å²) in [6, 6.07) is 0.176. The van der Waals surface area contributed by atoms with Crippen LogP contribution in [0.5, 0.6) is 0 Å². The van der Waals surface area contributed by atoms with Crippen molar-refractivity contribution >= 4 is 6.09 Å². The third-order valence-corrected chi connectivity index (χ3v) is 2.77. The number of alkyl carbamates (subject to hydrolysis) is 1. The molecule has 0 heterocycles. The fourth-order valence-electron chi connectivity index (χ4n) is 1.98. The van der Waals surface area contributed by atoms with E-state index in [0.29, 0.717) is 6.61 Å². The highest BCUT2D eigenvalue weighted by atomic mass is 16.6. The van der Waals surface area contributed by atoms with Crippen molar-refractivity contribution < 1.29 is 14.3 Å². The Morgan fingerprint density at radius 2 is 2.11 bits per heavy atom. The second kappa shape index (κ2) is 6.78. The van der Waals surface area contributed by atoms with Crippen LogP contribution in [-0.4, -0.2) is 30.4 Å². The maximum atomic E-state index is 11.6. The number of hydrogen-bond acceptors (Lipinski definition) is 3. The monoisotopic (exact) mass is 255 g/mol. The number of hydrogen-bond donors (Lipinski definition) is 1. The van der Waals surface area contributed by atoms with Gasteiger partial charge in [-0.2, -0.15) is 0 Å². The van der Waals surface area contributed by atoms with E-state index in [1.807, 2.05) is 39.8 Å². The molecule has 0 aliphatic heterocycles. The van der Waals surface area contributed by atoms with Gasteiger partial charge in [0.1, 0.15) is 5.60 Å². The first-order valence-corrected chi connectivity index (χ1v) is 6.63. The van der Waals surface area contributed by atoms with Crippen LogP contribution in [0.2, 0.25) is 0 Å². The van der Waals surface area contributed by atoms with Crippen LogP contribution in [0.3, 0.4) is 0 Å². The Labute approximate surface area is 110 Å². The van der Waals surface area contributed by atoms with Gasteiger partial charge in [-0.3, -0.25) is 0 Å². The molecule has 1 N–H and O–H groups in total. The molecule has 0 aromatic heterocycles. The van der Waals surface area contributed by atoms with E-state index in [4.69, 9.17) is 9.47 Å². The van der Waals surface area contributed by atoms with Crippen molar-refractivity contribution in [3.05, 3.63) is 12.2 Å². The normalized spacial score (nSPS) is 24.4. The lowest BCUT2D eigenvalue weighted by molar-refractivity contribution is 0.0490. The summed E-state index contributed by atoms with van der Waals surface area (Å²) in [5.41, 5.74) is -0.440. The lowest BCUT2D eigenvalue weighted by atomic mass is 10.2. The summed E-state index contributed by atoms with van der Waals surface area (Å²) >= 11 is 0. The molecule has 1 fully saturated rings. The van der Waals surface area contributed by atoms with E-state index < -0.39 is 5.60 Å². The van der Waals surface area contributed by atoms with Crippen molar-refractivity contribution in [2.24, 2.45) is 0 Å². The molecule has 1 amide bonds. The molecule has 0 unspecified atom stereocenters. The van der Waals surface area contributed by atoms with Gasteiger partial charge in [0.2, 0.25) is 0 Å². The van der Waals surface area contributed by atoms with Crippen LogP contribution >= 0.6 is 0 Å². The van der Waals surface area contributed by atoms with E-state index in [9.17, 15) is 4.79 Å². The molecule has 1 aliphatic carbocycles. The maximum absolute atomic E-state index is 11.6. The van der Waals surface area contributed by atoms with Gasteiger partial charge in [-0.25, -0.2) is 4.79 Å². The Kier molecular flexibility index (Phi) is 5.66. The number of ether oxygens (including phenoxy) is 2. The number of nitrogens with one attached hydrogen (secondary N) is 1. The highest BCUT2D eigenvalue weighted by Gasteiger charge is 2.27. The Bertz CT molecular complexity index is 294. The Hall–Kier alpha value is -1.03. The molecule has 1 aliphatic rings. The summed E-state index contributed by atoms with van der Waals surface area (Å²) in [6.07, 6.45) is 6.72. The van der Waals surface area contributed by atoms with Gasteiger partial charge in [-0.15, -0.1) is 0 Å². The molecule has 0 saturated heterocycles. The van der Waals surface area contributed by atoms with Crippen LogP contribution in [-0.2, 0) is 9.47 Å². The van der Waals surface area contributed by atoms with Crippen LogP contribution in [0.1, 0.15) is 47.0 Å². The summed E-state index contributed by atoms with van der Waals surface area (Å²) < 4.78 is 10.9. The van der Waals surface area contributed by atoms with Crippen molar-refractivity contribution in [2.45, 2.75) is 64.7 Å². The van der Waals surface area contributed by atoms with Crippen molar-refractivity contribution in [1.82, 2.24) is 5.32 Å². The molecule has 0 spiro atoms. The summed E-state index contributed by atoms with van der Waals surface area (Å²) in [5, 5.41) is 2.90. The van der Waals surface area contributed by atoms with E-state index in [1.54, 1.807) is 0 Å². The lowest BCUT2D eigenvalue weighted by Gasteiger charge is -2.21. The molecule has 1 rings (SSSR count). The number of rotatable bonds is 4. The van der Waals surface area contributed by atoms with Gasteiger partial charge in [-0.1, -0.05) is 12.2 Å². The second-order valence-electron chi connectivity index (χ2n) is 5.68. The molecule has 2 atom stereocenters. The molecule has 0 radical (unpaired) electrons. The van der Waals surface area contributed by atoms with Gasteiger partial charge in [0.15, 0.2) is 0 Å². The molecule has 4 nitrogen and oxygen atoms in total. The zero-order chi connectivity index (χ0) is 13.6. The Morgan fingerprint density at radius 1 is 1.39 bits per heavy atom. The zero-order valence-corrected chi connectivity index (χ0v) is 11.9. The van der Waals surface area contributed by atoms with Gasteiger partial charge in [0.25, 0.3) is 0 Å². The smallest absolute Gasteiger partial charge is 0.407 e. The SMILES string of the molecule is CC=CCO[C@H]1CC[C@@H](NC(=O)OC(C)(C)C)C1. The molecule has 0 bridgehead atoms. The minimum Gasteiger partial charge on any atom is -0.444 e. The van der Waals surface area contributed by atoms with Gasteiger partial charge < -0.3 is 14.8 Å². The molecule has 4 heteroatoms. The lowest BCUT2D eigenvalue weighted by Crippen LogP contribution is -2.38. The third-order valence-electron chi connectivity index (χ3n) is 2.77. The Morgan fingerprint density at radius 3 is 2.72 bits per heavy atom. The maximum Gasteiger partial charge on any atom is 0.407 e.